The van der Waals surface area contributed by atoms with Crippen LogP contribution in [0.3, 0.4) is 0 Å². The summed E-state index contributed by atoms with van der Waals surface area (Å²) in [6, 6.07) is 5.83. The molecule has 3 aromatic heterocycles. The van der Waals surface area contributed by atoms with Crippen LogP contribution < -0.4 is 0 Å². The fraction of sp³-hybridized carbons (Fsp3) is 0.421. The first-order valence-electron chi connectivity index (χ1n) is 9.24. The first-order chi connectivity index (χ1) is 13.2. The number of aromatic nitrogens is 4. The van der Waals surface area contributed by atoms with Gasteiger partial charge in [0, 0.05) is 25.5 Å². The van der Waals surface area contributed by atoms with E-state index in [4.69, 9.17) is 0 Å². The van der Waals surface area contributed by atoms with Crippen molar-refractivity contribution in [2.24, 2.45) is 11.8 Å². The highest BCUT2D eigenvalue weighted by Gasteiger charge is 2.44. The standard InChI is InChI=1S/C19H21N5O2S/c25-16-8-13-11-23(10-12(13)7-15(16)24-5-2-4-21-24)19(26)14-9-20-22-18(14)17-3-1-6-27-17/h1-6,9,12-13,15-16,25H,7-8,10-11H2,(H,20,22)/t12-,13+,15-,16-/m1/s1. The highest BCUT2D eigenvalue weighted by molar-refractivity contribution is 7.13. The number of rotatable bonds is 3. The Kier molecular flexibility index (Phi) is 4.09. The van der Waals surface area contributed by atoms with E-state index in [-0.39, 0.29) is 11.9 Å². The molecule has 2 fully saturated rings. The van der Waals surface area contributed by atoms with Crippen LogP contribution in [0.4, 0.5) is 0 Å². The molecule has 8 heteroatoms. The lowest BCUT2D eigenvalue weighted by molar-refractivity contribution is 0.0306. The van der Waals surface area contributed by atoms with Gasteiger partial charge in [-0.1, -0.05) is 6.07 Å². The fourth-order valence-electron chi connectivity index (χ4n) is 4.56. The lowest BCUT2D eigenvalue weighted by Gasteiger charge is -2.35. The zero-order valence-electron chi connectivity index (χ0n) is 14.7. The van der Waals surface area contributed by atoms with Gasteiger partial charge in [-0.25, -0.2) is 0 Å². The second-order valence-electron chi connectivity index (χ2n) is 7.46. The van der Waals surface area contributed by atoms with Crippen LogP contribution in [-0.4, -0.2) is 55.1 Å². The van der Waals surface area contributed by atoms with Crippen molar-refractivity contribution in [3.63, 3.8) is 0 Å². The molecule has 5 rings (SSSR count). The van der Waals surface area contributed by atoms with Crippen LogP contribution in [-0.2, 0) is 0 Å². The monoisotopic (exact) mass is 383 g/mol. The molecule has 0 aromatic carbocycles. The van der Waals surface area contributed by atoms with Crippen LogP contribution >= 0.6 is 11.3 Å². The number of likely N-dealkylation sites (tertiary alicyclic amines) is 1. The summed E-state index contributed by atoms with van der Waals surface area (Å²) in [7, 11) is 0. The van der Waals surface area contributed by atoms with E-state index in [2.05, 4.69) is 15.3 Å². The number of nitrogens with one attached hydrogen (secondary N) is 1. The van der Waals surface area contributed by atoms with Gasteiger partial charge in [-0.15, -0.1) is 11.3 Å². The van der Waals surface area contributed by atoms with Crippen molar-refractivity contribution >= 4 is 17.2 Å². The molecule has 1 saturated carbocycles. The average Bonchev–Trinajstić information content (AvgIpc) is 3.47. The summed E-state index contributed by atoms with van der Waals surface area (Å²) in [6.07, 6.45) is 6.42. The van der Waals surface area contributed by atoms with Crippen molar-refractivity contribution in [3.8, 4) is 10.6 Å². The van der Waals surface area contributed by atoms with E-state index in [1.807, 2.05) is 39.4 Å². The Morgan fingerprint density at radius 1 is 1.26 bits per heavy atom. The highest BCUT2D eigenvalue weighted by Crippen LogP contribution is 2.41. The summed E-state index contributed by atoms with van der Waals surface area (Å²) in [4.78, 5) is 16.1. The molecule has 0 spiro atoms. The van der Waals surface area contributed by atoms with Gasteiger partial charge in [-0.3, -0.25) is 14.6 Å². The van der Waals surface area contributed by atoms with E-state index in [0.29, 0.717) is 30.4 Å². The normalized spacial score (nSPS) is 27.7. The molecule has 4 heterocycles. The molecular weight excluding hydrogens is 362 g/mol. The molecule has 27 heavy (non-hydrogen) atoms. The third-order valence-corrected chi connectivity index (χ3v) is 6.79. The number of carbonyl (C=O) groups excluding carboxylic acids is 1. The number of aliphatic hydroxyl groups is 1. The summed E-state index contributed by atoms with van der Waals surface area (Å²) in [5, 5.41) is 24.0. The van der Waals surface area contributed by atoms with Crippen molar-refractivity contribution < 1.29 is 9.90 Å². The third kappa shape index (κ3) is 2.89. The predicted octanol–water partition coefficient (Wildman–Crippen LogP) is 2.42. The first-order valence-corrected chi connectivity index (χ1v) is 10.1. The summed E-state index contributed by atoms with van der Waals surface area (Å²) in [6.45, 7) is 1.42. The molecule has 140 valence electrons. The maximum absolute atomic E-state index is 13.1. The summed E-state index contributed by atoms with van der Waals surface area (Å²) >= 11 is 1.59. The molecule has 1 saturated heterocycles. The predicted molar refractivity (Wildman–Crippen MR) is 101 cm³/mol. The number of H-pyrrole nitrogens is 1. The van der Waals surface area contributed by atoms with E-state index < -0.39 is 6.10 Å². The molecule has 2 aliphatic rings. The second kappa shape index (κ2) is 6.61. The van der Waals surface area contributed by atoms with Crippen molar-refractivity contribution in [2.75, 3.05) is 13.1 Å². The van der Waals surface area contributed by atoms with Crippen molar-refractivity contribution in [1.82, 2.24) is 24.9 Å². The molecule has 0 radical (unpaired) electrons. The first kappa shape index (κ1) is 16.7. The zero-order valence-corrected chi connectivity index (χ0v) is 15.5. The Hall–Kier alpha value is -2.45. The van der Waals surface area contributed by atoms with Gasteiger partial charge in [0.1, 0.15) is 0 Å². The number of aromatic amines is 1. The van der Waals surface area contributed by atoms with Gasteiger partial charge < -0.3 is 10.0 Å². The Labute approximate surface area is 160 Å². The number of aliphatic hydroxyl groups excluding tert-OH is 1. The maximum atomic E-state index is 13.1. The van der Waals surface area contributed by atoms with Gasteiger partial charge >= 0.3 is 0 Å². The number of amides is 1. The maximum Gasteiger partial charge on any atom is 0.257 e. The van der Waals surface area contributed by atoms with E-state index in [0.717, 1.165) is 23.5 Å². The smallest absolute Gasteiger partial charge is 0.257 e. The minimum absolute atomic E-state index is 0.00749. The second-order valence-corrected chi connectivity index (χ2v) is 8.41. The van der Waals surface area contributed by atoms with Crippen LogP contribution in [0.15, 0.2) is 42.2 Å². The van der Waals surface area contributed by atoms with Gasteiger partial charge in [0.15, 0.2) is 0 Å². The lowest BCUT2D eigenvalue weighted by atomic mass is 9.77. The number of nitrogens with zero attached hydrogens (tertiary/aromatic N) is 4. The Balaban J connectivity index is 1.34. The van der Waals surface area contributed by atoms with Crippen molar-refractivity contribution in [1.29, 1.82) is 0 Å². The third-order valence-electron chi connectivity index (χ3n) is 5.90. The number of carbonyl (C=O) groups is 1. The minimum atomic E-state index is -0.420. The summed E-state index contributed by atoms with van der Waals surface area (Å²) < 4.78 is 1.86. The molecular formula is C19H21N5O2S. The number of fused-ring (bicyclic) bond motifs is 1. The van der Waals surface area contributed by atoms with Crippen LogP contribution in [0, 0.1) is 11.8 Å². The van der Waals surface area contributed by atoms with Gasteiger partial charge in [0.05, 0.1) is 34.5 Å². The van der Waals surface area contributed by atoms with Gasteiger partial charge in [0.25, 0.3) is 5.91 Å². The minimum Gasteiger partial charge on any atom is -0.391 e. The van der Waals surface area contributed by atoms with E-state index >= 15 is 0 Å². The number of hydrogen-bond donors (Lipinski definition) is 2. The molecule has 3 aromatic rings. The molecule has 1 aliphatic carbocycles. The molecule has 0 bridgehead atoms. The Morgan fingerprint density at radius 3 is 2.85 bits per heavy atom. The number of thiophene rings is 1. The summed E-state index contributed by atoms with van der Waals surface area (Å²) in [5.74, 6) is 0.753. The zero-order chi connectivity index (χ0) is 18.4. The molecule has 1 aliphatic heterocycles. The largest absolute Gasteiger partial charge is 0.391 e. The van der Waals surface area contributed by atoms with Crippen molar-refractivity contribution in [2.45, 2.75) is 25.0 Å². The highest BCUT2D eigenvalue weighted by atomic mass is 32.1. The van der Waals surface area contributed by atoms with Crippen LogP contribution in [0.1, 0.15) is 29.2 Å². The van der Waals surface area contributed by atoms with E-state index in [9.17, 15) is 9.90 Å². The SMILES string of the molecule is O=C(c1cn[nH]c1-c1cccs1)N1C[C@H]2C[C@@H](n3cccn3)[C@H](O)C[C@H]2C1. The van der Waals surface area contributed by atoms with E-state index in [1.54, 1.807) is 23.7 Å². The molecule has 2 N–H and O–H groups in total. The number of hydrogen-bond acceptors (Lipinski definition) is 5. The van der Waals surface area contributed by atoms with Gasteiger partial charge in [0.2, 0.25) is 0 Å². The average molecular weight is 383 g/mol. The summed E-state index contributed by atoms with van der Waals surface area (Å²) in [5.41, 5.74) is 1.42. The van der Waals surface area contributed by atoms with Crippen LogP contribution in [0.2, 0.25) is 0 Å². The van der Waals surface area contributed by atoms with E-state index in [1.165, 1.54) is 0 Å². The molecule has 1 amide bonds. The molecule has 0 unspecified atom stereocenters. The van der Waals surface area contributed by atoms with Gasteiger partial charge in [-0.2, -0.15) is 10.2 Å². The Bertz CT molecular complexity index is 920. The Morgan fingerprint density at radius 2 is 2.11 bits per heavy atom. The lowest BCUT2D eigenvalue weighted by Crippen LogP contribution is -2.36. The fourth-order valence-corrected chi connectivity index (χ4v) is 5.30. The topological polar surface area (TPSA) is 87.0 Å². The molecule has 7 nitrogen and oxygen atoms in total. The van der Waals surface area contributed by atoms with Crippen molar-refractivity contribution in [3.05, 3.63) is 47.7 Å². The quantitative estimate of drug-likeness (QED) is 0.727. The van der Waals surface area contributed by atoms with Crippen LogP contribution in [0.5, 0.6) is 0 Å². The van der Waals surface area contributed by atoms with Crippen LogP contribution in [0.25, 0.3) is 10.6 Å². The van der Waals surface area contributed by atoms with Gasteiger partial charge in [-0.05, 0) is 42.2 Å². The molecule has 4 atom stereocenters.